The van der Waals surface area contributed by atoms with E-state index in [1.54, 1.807) is 19.2 Å². The van der Waals surface area contributed by atoms with E-state index < -0.39 is 6.09 Å². The summed E-state index contributed by atoms with van der Waals surface area (Å²) in [6, 6.07) is 7.30. The number of nitrogens with zero attached hydrogens (tertiary/aromatic N) is 1. The SMILES string of the molecule is CN=C(NCC(=O)NC(C)(C)C)NCc1ccc(NC(=O)OC)cc1.I. The molecule has 0 heterocycles. The second-order valence-corrected chi connectivity index (χ2v) is 6.39. The first-order valence-corrected chi connectivity index (χ1v) is 7.93. The van der Waals surface area contributed by atoms with Gasteiger partial charge in [0, 0.05) is 24.8 Å². The fourth-order valence-electron chi connectivity index (χ4n) is 1.91. The van der Waals surface area contributed by atoms with Gasteiger partial charge in [0.2, 0.25) is 5.91 Å². The summed E-state index contributed by atoms with van der Waals surface area (Å²) >= 11 is 0. The van der Waals surface area contributed by atoms with Gasteiger partial charge in [0.05, 0.1) is 13.7 Å². The first-order chi connectivity index (χ1) is 11.7. The number of benzene rings is 1. The number of rotatable bonds is 5. The van der Waals surface area contributed by atoms with Crippen molar-refractivity contribution < 1.29 is 14.3 Å². The van der Waals surface area contributed by atoms with E-state index in [4.69, 9.17) is 0 Å². The molecule has 0 atom stereocenters. The van der Waals surface area contributed by atoms with Gasteiger partial charge >= 0.3 is 6.09 Å². The predicted octanol–water partition coefficient (Wildman–Crippen LogP) is 2.06. The number of ether oxygens (including phenoxy) is 1. The number of carbonyl (C=O) groups is 2. The average Bonchev–Trinajstić information content (AvgIpc) is 2.54. The lowest BCUT2D eigenvalue weighted by Crippen LogP contribution is -2.48. The number of methoxy groups -OCH3 is 1. The van der Waals surface area contributed by atoms with Crippen LogP contribution in [0.1, 0.15) is 26.3 Å². The van der Waals surface area contributed by atoms with Crippen LogP contribution in [0.15, 0.2) is 29.3 Å². The summed E-state index contributed by atoms with van der Waals surface area (Å²) in [5.74, 6) is 0.425. The van der Waals surface area contributed by atoms with Crippen LogP contribution in [0.4, 0.5) is 10.5 Å². The molecular weight excluding hydrogens is 449 g/mol. The maximum absolute atomic E-state index is 11.8. The summed E-state index contributed by atoms with van der Waals surface area (Å²) in [6.45, 7) is 6.45. The van der Waals surface area contributed by atoms with E-state index in [1.165, 1.54) is 7.11 Å². The lowest BCUT2D eigenvalue weighted by Gasteiger charge is -2.21. The number of aliphatic imine (C=N–C) groups is 1. The molecule has 0 aliphatic rings. The monoisotopic (exact) mass is 477 g/mol. The molecule has 1 rings (SSSR count). The van der Waals surface area contributed by atoms with Crippen LogP contribution in [-0.2, 0) is 16.1 Å². The minimum Gasteiger partial charge on any atom is -0.453 e. The Hall–Kier alpha value is -2.04. The van der Waals surface area contributed by atoms with Crippen LogP contribution < -0.4 is 21.3 Å². The second-order valence-electron chi connectivity index (χ2n) is 6.39. The molecule has 0 aromatic heterocycles. The highest BCUT2D eigenvalue weighted by atomic mass is 127. The van der Waals surface area contributed by atoms with Crippen molar-refractivity contribution in [1.82, 2.24) is 16.0 Å². The third-order valence-corrected chi connectivity index (χ3v) is 3.00. The third-order valence-electron chi connectivity index (χ3n) is 3.00. The molecule has 1 aromatic carbocycles. The van der Waals surface area contributed by atoms with E-state index in [0.29, 0.717) is 18.2 Å². The van der Waals surface area contributed by atoms with E-state index in [9.17, 15) is 9.59 Å². The van der Waals surface area contributed by atoms with Crippen molar-refractivity contribution in [3.8, 4) is 0 Å². The zero-order valence-electron chi connectivity index (χ0n) is 15.8. The molecule has 4 N–H and O–H groups in total. The zero-order valence-corrected chi connectivity index (χ0v) is 18.1. The summed E-state index contributed by atoms with van der Waals surface area (Å²) in [7, 11) is 2.95. The van der Waals surface area contributed by atoms with Gasteiger partial charge in [0.15, 0.2) is 5.96 Å². The lowest BCUT2D eigenvalue weighted by atomic mass is 10.1. The Morgan fingerprint density at radius 2 is 1.73 bits per heavy atom. The Kier molecular flexibility index (Phi) is 10.6. The minimum atomic E-state index is -0.510. The fourth-order valence-corrected chi connectivity index (χ4v) is 1.91. The molecule has 1 aromatic rings. The second kappa shape index (κ2) is 11.6. The molecule has 0 bridgehead atoms. The smallest absolute Gasteiger partial charge is 0.411 e. The molecule has 0 fully saturated rings. The molecule has 146 valence electrons. The van der Waals surface area contributed by atoms with Gasteiger partial charge in [-0.3, -0.25) is 15.1 Å². The highest BCUT2D eigenvalue weighted by Crippen LogP contribution is 2.09. The van der Waals surface area contributed by atoms with E-state index in [0.717, 1.165) is 5.56 Å². The van der Waals surface area contributed by atoms with Crippen molar-refractivity contribution in [2.24, 2.45) is 4.99 Å². The summed E-state index contributed by atoms with van der Waals surface area (Å²) in [4.78, 5) is 27.0. The molecule has 9 heteroatoms. The van der Waals surface area contributed by atoms with Crippen molar-refractivity contribution in [2.45, 2.75) is 32.9 Å². The predicted molar refractivity (Wildman–Crippen MR) is 114 cm³/mol. The molecule has 0 spiro atoms. The van der Waals surface area contributed by atoms with Crippen molar-refractivity contribution >= 4 is 47.6 Å². The van der Waals surface area contributed by atoms with Crippen molar-refractivity contribution in [1.29, 1.82) is 0 Å². The van der Waals surface area contributed by atoms with Crippen molar-refractivity contribution in [3.63, 3.8) is 0 Å². The number of nitrogens with one attached hydrogen (secondary N) is 4. The Bertz CT molecular complexity index is 612. The largest absolute Gasteiger partial charge is 0.453 e. The first kappa shape index (κ1) is 24.0. The number of hydrogen-bond acceptors (Lipinski definition) is 4. The normalized spacial score (nSPS) is 11.0. The molecule has 0 saturated heterocycles. The van der Waals surface area contributed by atoms with Gasteiger partial charge in [0.25, 0.3) is 0 Å². The molecule has 8 nitrogen and oxygen atoms in total. The van der Waals surface area contributed by atoms with Crippen LogP contribution in [-0.4, -0.2) is 44.2 Å². The molecule has 0 aliphatic carbocycles. The van der Waals surface area contributed by atoms with Gasteiger partial charge in [0.1, 0.15) is 0 Å². The van der Waals surface area contributed by atoms with E-state index in [-0.39, 0.29) is 42.0 Å². The Morgan fingerprint density at radius 1 is 1.12 bits per heavy atom. The third kappa shape index (κ3) is 10.1. The van der Waals surface area contributed by atoms with Gasteiger partial charge in [-0.15, -0.1) is 24.0 Å². The Labute approximate surface area is 171 Å². The number of guanidine groups is 1. The van der Waals surface area contributed by atoms with Gasteiger partial charge in [-0.25, -0.2) is 4.79 Å². The number of anilines is 1. The Morgan fingerprint density at radius 3 is 2.23 bits per heavy atom. The number of halogens is 1. The van der Waals surface area contributed by atoms with Crippen molar-refractivity contribution in [2.75, 3.05) is 26.0 Å². The topological polar surface area (TPSA) is 104 Å². The van der Waals surface area contributed by atoms with Gasteiger partial charge in [-0.05, 0) is 38.5 Å². The standard InChI is InChI=1S/C17H27N5O3.HI/c1-17(2,3)22-14(23)11-20-15(18-4)19-10-12-6-8-13(9-7-12)21-16(24)25-5;/h6-9H,10-11H2,1-5H3,(H,21,24)(H,22,23)(H2,18,19,20);1H. The number of hydrogen-bond donors (Lipinski definition) is 4. The molecule has 0 aliphatic heterocycles. The molecular formula is C17H28IN5O3. The van der Waals surface area contributed by atoms with Crippen LogP contribution >= 0.6 is 24.0 Å². The summed E-state index contributed by atoms with van der Waals surface area (Å²) in [5, 5.41) is 11.5. The highest BCUT2D eigenvalue weighted by Gasteiger charge is 2.13. The summed E-state index contributed by atoms with van der Waals surface area (Å²) in [5.41, 5.74) is 1.38. The summed E-state index contributed by atoms with van der Waals surface area (Å²) in [6.07, 6.45) is -0.510. The van der Waals surface area contributed by atoms with Gasteiger partial charge in [-0.1, -0.05) is 12.1 Å². The van der Waals surface area contributed by atoms with Crippen LogP contribution in [0.5, 0.6) is 0 Å². The first-order valence-electron chi connectivity index (χ1n) is 7.93. The average molecular weight is 477 g/mol. The van der Waals surface area contributed by atoms with Crippen molar-refractivity contribution in [3.05, 3.63) is 29.8 Å². The highest BCUT2D eigenvalue weighted by molar-refractivity contribution is 14.0. The van der Waals surface area contributed by atoms with E-state index in [2.05, 4.69) is 31.0 Å². The van der Waals surface area contributed by atoms with Crippen LogP contribution in [0.3, 0.4) is 0 Å². The maximum Gasteiger partial charge on any atom is 0.411 e. The molecule has 0 unspecified atom stereocenters. The lowest BCUT2D eigenvalue weighted by molar-refractivity contribution is -0.121. The molecule has 26 heavy (non-hydrogen) atoms. The van der Waals surface area contributed by atoms with Gasteiger partial charge < -0.3 is 20.7 Å². The number of amides is 2. The van der Waals surface area contributed by atoms with Crippen LogP contribution in [0.25, 0.3) is 0 Å². The van der Waals surface area contributed by atoms with Gasteiger partial charge in [-0.2, -0.15) is 0 Å². The Balaban J connectivity index is 0.00000625. The van der Waals surface area contributed by atoms with E-state index >= 15 is 0 Å². The van der Waals surface area contributed by atoms with E-state index in [1.807, 2.05) is 32.9 Å². The van der Waals surface area contributed by atoms with Crippen LogP contribution in [0.2, 0.25) is 0 Å². The number of carbonyl (C=O) groups excluding carboxylic acids is 2. The maximum atomic E-state index is 11.8. The quantitative estimate of drug-likeness (QED) is 0.296. The molecule has 0 radical (unpaired) electrons. The van der Waals surface area contributed by atoms with Crippen LogP contribution in [0, 0.1) is 0 Å². The molecule has 0 saturated carbocycles. The fraction of sp³-hybridized carbons (Fsp3) is 0.471. The summed E-state index contributed by atoms with van der Waals surface area (Å²) < 4.78 is 4.54. The molecule has 2 amide bonds. The minimum absolute atomic E-state index is 0. The zero-order chi connectivity index (χ0) is 18.9.